The maximum Gasteiger partial charge on any atom is 0.417 e. The SMILES string of the molecule is C=NN(/N=C\C)c1ncccc1C(=O)N1CCC[C@@H](Oc2ccc(C(F)(F)F)cn2)[C@@H]1C. The molecule has 1 aliphatic heterocycles. The van der Waals surface area contributed by atoms with Crippen molar-refractivity contribution < 1.29 is 22.7 Å². The molecule has 0 spiro atoms. The van der Waals surface area contributed by atoms with Gasteiger partial charge in [-0.15, -0.1) is 5.12 Å². The molecule has 8 nitrogen and oxygen atoms in total. The lowest BCUT2D eigenvalue weighted by atomic mass is 9.99. The van der Waals surface area contributed by atoms with Crippen LogP contribution in [0.5, 0.6) is 5.88 Å². The number of hydrogen-bond donors (Lipinski definition) is 0. The third kappa shape index (κ3) is 5.04. The summed E-state index contributed by atoms with van der Waals surface area (Å²) in [6.07, 6.45) is 0.156. The minimum Gasteiger partial charge on any atom is -0.472 e. The zero-order valence-electron chi connectivity index (χ0n) is 17.7. The highest BCUT2D eigenvalue weighted by Crippen LogP contribution is 2.30. The highest BCUT2D eigenvalue weighted by atomic mass is 19.4. The normalized spacial score (nSPS) is 19.1. The Balaban J connectivity index is 1.79. The van der Waals surface area contributed by atoms with Crippen molar-refractivity contribution in [3.63, 3.8) is 0 Å². The largest absolute Gasteiger partial charge is 0.472 e. The van der Waals surface area contributed by atoms with Crippen LogP contribution in [-0.4, -0.2) is 52.4 Å². The van der Waals surface area contributed by atoms with Crippen LogP contribution in [0.3, 0.4) is 0 Å². The van der Waals surface area contributed by atoms with Crippen LogP contribution in [-0.2, 0) is 6.18 Å². The topological polar surface area (TPSA) is 83.3 Å². The first kappa shape index (κ1) is 23.2. The molecular formula is C21H23F3N6O2. The van der Waals surface area contributed by atoms with Crippen LogP contribution in [0.4, 0.5) is 19.0 Å². The molecule has 0 saturated carbocycles. The smallest absolute Gasteiger partial charge is 0.417 e. The summed E-state index contributed by atoms with van der Waals surface area (Å²) >= 11 is 0. The molecule has 2 aromatic rings. The number of carbonyl (C=O) groups is 1. The summed E-state index contributed by atoms with van der Waals surface area (Å²) in [5, 5.41) is 9.01. The molecule has 0 bridgehead atoms. The van der Waals surface area contributed by atoms with Gasteiger partial charge >= 0.3 is 6.18 Å². The number of ether oxygens (including phenoxy) is 1. The second-order valence-electron chi connectivity index (χ2n) is 7.10. The molecule has 1 saturated heterocycles. The average Bonchev–Trinajstić information content (AvgIpc) is 2.78. The molecule has 1 fully saturated rings. The van der Waals surface area contributed by atoms with E-state index in [1.165, 1.54) is 23.6 Å². The van der Waals surface area contributed by atoms with Gasteiger partial charge in [-0.3, -0.25) is 4.79 Å². The van der Waals surface area contributed by atoms with E-state index in [0.717, 1.165) is 12.3 Å². The van der Waals surface area contributed by atoms with Gasteiger partial charge in [-0.1, -0.05) is 0 Å². The Morgan fingerprint density at radius 3 is 2.75 bits per heavy atom. The Kier molecular flexibility index (Phi) is 7.06. The van der Waals surface area contributed by atoms with Crippen molar-refractivity contribution in [1.29, 1.82) is 0 Å². The van der Waals surface area contributed by atoms with Crippen LogP contribution in [0.25, 0.3) is 0 Å². The van der Waals surface area contributed by atoms with Crippen molar-refractivity contribution in [2.24, 2.45) is 10.2 Å². The van der Waals surface area contributed by atoms with Crippen LogP contribution >= 0.6 is 0 Å². The van der Waals surface area contributed by atoms with E-state index in [2.05, 4.69) is 26.9 Å². The van der Waals surface area contributed by atoms with Gasteiger partial charge in [0, 0.05) is 37.9 Å². The van der Waals surface area contributed by atoms with Crippen LogP contribution in [0.1, 0.15) is 42.6 Å². The van der Waals surface area contributed by atoms with Gasteiger partial charge in [0.15, 0.2) is 5.82 Å². The Morgan fingerprint density at radius 1 is 1.34 bits per heavy atom. The van der Waals surface area contributed by atoms with Crippen LogP contribution in [0, 0.1) is 0 Å². The van der Waals surface area contributed by atoms with Crippen molar-refractivity contribution in [2.45, 2.75) is 45.0 Å². The van der Waals surface area contributed by atoms with Crippen molar-refractivity contribution in [1.82, 2.24) is 14.9 Å². The highest BCUT2D eigenvalue weighted by Gasteiger charge is 2.35. The summed E-state index contributed by atoms with van der Waals surface area (Å²) in [7, 11) is 0. The molecule has 0 N–H and O–H groups in total. The fourth-order valence-corrected chi connectivity index (χ4v) is 3.47. The Morgan fingerprint density at radius 2 is 2.12 bits per heavy atom. The molecule has 1 aliphatic rings. The number of halogens is 3. The lowest BCUT2D eigenvalue weighted by Crippen LogP contribution is -2.51. The number of anilines is 1. The molecule has 170 valence electrons. The van der Waals surface area contributed by atoms with Crippen LogP contribution in [0.15, 0.2) is 46.9 Å². The molecule has 32 heavy (non-hydrogen) atoms. The minimum absolute atomic E-state index is 0.0746. The Bertz CT molecular complexity index is 980. The molecule has 0 unspecified atom stereocenters. The fourth-order valence-electron chi connectivity index (χ4n) is 3.47. The third-order valence-corrected chi connectivity index (χ3v) is 5.08. The van der Waals surface area contributed by atoms with Crippen molar-refractivity contribution in [3.05, 3.63) is 47.8 Å². The Labute approximate surface area is 183 Å². The number of amides is 1. The summed E-state index contributed by atoms with van der Waals surface area (Å²) in [6, 6.07) is 5.02. The standard InChI is InChI=1S/C21H23F3N6O2/c1-4-28-30(25-3)19-16(7-5-11-26-19)20(31)29-12-6-8-17(14(29)2)32-18-10-9-15(13-27-18)21(22,23)24/h4-5,7,9-11,13-14,17H,3,6,8,12H2,1-2H3/b28-4-/t14-,17+/m0/s1. The van der Waals surface area contributed by atoms with E-state index >= 15 is 0 Å². The summed E-state index contributed by atoms with van der Waals surface area (Å²) in [4.78, 5) is 23.0. The van der Waals surface area contributed by atoms with Crippen LogP contribution in [0.2, 0.25) is 0 Å². The number of pyridine rings is 2. The molecule has 3 rings (SSSR count). The lowest BCUT2D eigenvalue weighted by Gasteiger charge is -2.39. The van der Waals surface area contributed by atoms with Crippen LogP contribution < -0.4 is 9.85 Å². The second kappa shape index (κ2) is 9.75. The van der Waals surface area contributed by atoms with Gasteiger partial charge in [0.05, 0.1) is 17.2 Å². The quantitative estimate of drug-likeness (QED) is 0.493. The van der Waals surface area contributed by atoms with E-state index < -0.39 is 17.8 Å². The maximum atomic E-state index is 13.4. The summed E-state index contributed by atoms with van der Waals surface area (Å²) in [6.45, 7) is 7.49. The highest BCUT2D eigenvalue weighted by molar-refractivity contribution is 5.99. The number of aromatic nitrogens is 2. The van der Waals surface area contributed by atoms with E-state index in [4.69, 9.17) is 4.74 Å². The number of carbonyl (C=O) groups excluding carboxylic acids is 1. The number of hydrogen-bond acceptors (Lipinski definition) is 7. The van der Waals surface area contributed by atoms with Gasteiger partial charge in [-0.05, 0) is 44.9 Å². The number of hydrazone groups is 2. The third-order valence-electron chi connectivity index (χ3n) is 5.08. The fraction of sp³-hybridized carbons (Fsp3) is 0.381. The van der Waals surface area contributed by atoms with E-state index in [9.17, 15) is 18.0 Å². The predicted molar refractivity (Wildman–Crippen MR) is 114 cm³/mol. The zero-order valence-corrected chi connectivity index (χ0v) is 17.7. The molecule has 1 amide bonds. The minimum atomic E-state index is -4.47. The molecule has 0 aromatic carbocycles. The first-order valence-corrected chi connectivity index (χ1v) is 9.97. The molecule has 2 aromatic heterocycles. The summed E-state index contributed by atoms with van der Waals surface area (Å²) < 4.78 is 44.1. The number of likely N-dealkylation sites (tertiary alicyclic amines) is 1. The Hall–Kier alpha value is -3.50. The monoisotopic (exact) mass is 448 g/mol. The molecule has 0 aliphatic carbocycles. The molecule has 11 heteroatoms. The van der Waals surface area contributed by atoms with Gasteiger partial charge in [0.1, 0.15) is 6.10 Å². The van der Waals surface area contributed by atoms with Crippen molar-refractivity contribution in [2.75, 3.05) is 11.7 Å². The van der Waals surface area contributed by atoms with E-state index in [0.29, 0.717) is 24.9 Å². The lowest BCUT2D eigenvalue weighted by molar-refractivity contribution is -0.137. The second-order valence-corrected chi connectivity index (χ2v) is 7.10. The maximum absolute atomic E-state index is 13.4. The van der Waals surface area contributed by atoms with E-state index in [1.54, 1.807) is 24.0 Å². The number of piperidine rings is 1. The van der Waals surface area contributed by atoms with Crippen molar-refractivity contribution >= 4 is 24.7 Å². The van der Waals surface area contributed by atoms with Gasteiger partial charge in [0.2, 0.25) is 5.88 Å². The first-order valence-electron chi connectivity index (χ1n) is 9.97. The number of alkyl halides is 3. The van der Waals surface area contributed by atoms with Gasteiger partial charge < -0.3 is 9.64 Å². The van der Waals surface area contributed by atoms with Crippen molar-refractivity contribution in [3.8, 4) is 5.88 Å². The molecule has 2 atom stereocenters. The predicted octanol–water partition coefficient (Wildman–Crippen LogP) is 4.00. The average molecular weight is 448 g/mol. The van der Waals surface area contributed by atoms with E-state index in [-0.39, 0.29) is 23.6 Å². The first-order chi connectivity index (χ1) is 15.3. The van der Waals surface area contributed by atoms with Gasteiger partial charge in [-0.2, -0.15) is 23.4 Å². The van der Waals surface area contributed by atoms with Gasteiger partial charge in [0.25, 0.3) is 5.91 Å². The number of rotatable bonds is 6. The van der Waals surface area contributed by atoms with Gasteiger partial charge in [-0.25, -0.2) is 9.97 Å². The summed E-state index contributed by atoms with van der Waals surface area (Å²) in [5.41, 5.74) is -0.553. The zero-order chi connectivity index (χ0) is 23.3. The molecule has 0 radical (unpaired) electrons. The summed E-state index contributed by atoms with van der Waals surface area (Å²) in [5.74, 6) is 0.0324. The number of nitrogens with zero attached hydrogens (tertiary/aromatic N) is 6. The van der Waals surface area contributed by atoms with E-state index in [1.807, 2.05) is 6.92 Å². The molecule has 3 heterocycles. The molecular weight excluding hydrogens is 425 g/mol.